The molecule has 56 heavy (non-hydrogen) atoms. The number of hydrogen-bond acceptors (Lipinski definition) is 11. The zero-order valence-corrected chi connectivity index (χ0v) is 35.2. The molecule has 0 aromatic heterocycles. The summed E-state index contributed by atoms with van der Waals surface area (Å²) in [5, 5.41) is 74.2. The standard InChI is InChI=1S/C42H78NO12P/c1-3-5-7-9-11-13-15-17-18-20-22-24-26-28-30-35(45)34(32-54-56(52,53)55-42-40(50)38(48)37(47)39(49)41(42)51)43-36(46)31-33(44)29-27-25-23-21-19-16-14-12-10-8-6-4-2/h13,15,20,22,28,30,33-35,37-42,44-45,47-51H,3-12,14,16-19,21,23-27,29,31-32H2,1-2H3,(H,43,46)(H,52,53)/b15-13+,22-20+,30-28+. The van der Waals surface area contributed by atoms with E-state index < -0.39 is 75.2 Å². The molecule has 1 aliphatic carbocycles. The van der Waals surface area contributed by atoms with Gasteiger partial charge in [-0.3, -0.25) is 13.8 Å². The highest BCUT2D eigenvalue weighted by Crippen LogP contribution is 2.47. The largest absolute Gasteiger partial charge is 0.472 e. The smallest absolute Gasteiger partial charge is 0.393 e. The Morgan fingerprint density at radius 1 is 0.625 bits per heavy atom. The van der Waals surface area contributed by atoms with Crippen molar-refractivity contribution in [2.45, 2.75) is 216 Å². The van der Waals surface area contributed by atoms with Crippen LogP contribution in [-0.4, -0.2) is 108 Å². The molecule has 14 heteroatoms. The fourth-order valence-corrected chi connectivity index (χ4v) is 7.59. The Kier molecular flexibility index (Phi) is 30.4. The SMILES string of the molecule is CCCCCC/C=C/CC/C=C/CC/C=C/C(O)C(COP(=O)(O)OC1C(O)C(O)C(O)C(O)C1O)NC(=O)CC(O)CCCCCCCCCCCCCC. The summed E-state index contributed by atoms with van der Waals surface area (Å²) in [5.74, 6) is -0.609. The molecule has 328 valence electrons. The van der Waals surface area contributed by atoms with Crippen LogP contribution in [0.25, 0.3) is 0 Å². The molecule has 1 amide bonds. The average molecular weight is 820 g/mol. The second-order valence-corrected chi connectivity index (χ2v) is 16.8. The van der Waals surface area contributed by atoms with Gasteiger partial charge < -0.3 is 46.0 Å². The summed E-state index contributed by atoms with van der Waals surface area (Å²) in [4.78, 5) is 23.3. The summed E-state index contributed by atoms with van der Waals surface area (Å²) in [7, 11) is -5.15. The first-order valence-corrected chi connectivity index (χ1v) is 23.0. The van der Waals surface area contributed by atoms with E-state index in [0.717, 1.165) is 44.9 Å². The molecule has 8 atom stereocenters. The molecule has 0 radical (unpaired) electrons. The van der Waals surface area contributed by atoms with Crippen molar-refractivity contribution < 1.29 is 59.0 Å². The van der Waals surface area contributed by atoms with E-state index in [0.29, 0.717) is 19.3 Å². The van der Waals surface area contributed by atoms with Crippen LogP contribution in [0.2, 0.25) is 0 Å². The highest BCUT2D eigenvalue weighted by molar-refractivity contribution is 7.47. The number of phosphoric acid groups is 1. The van der Waals surface area contributed by atoms with Crippen LogP contribution in [-0.2, 0) is 18.4 Å². The van der Waals surface area contributed by atoms with Gasteiger partial charge in [-0.2, -0.15) is 0 Å². The van der Waals surface area contributed by atoms with Crippen LogP contribution in [0.1, 0.15) is 162 Å². The van der Waals surface area contributed by atoms with Gasteiger partial charge in [0.25, 0.3) is 0 Å². The highest BCUT2D eigenvalue weighted by atomic mass is 31.2. The van der Waals surface area contributed by atoms with Crippen LogP contribution in [0.3, 0.4) is 0 Å². The Morgan fingerprint density at radius 2 is 1.05 bits per heavy atom. The lowest BCUT2D eigenvalue weighted by Gasteiger charge is -2.41. The minimum atomic E-state index is -5.15. The van der Waals surface area contributed by atoms with Crippen molar-refractivity contribution in [1.29, 1.82) is 0 Å². The van der Waals surface area contributed by atoms with Gasteiger partial charge in [0.2, 0.25) is 5.91 Å². The summed E-state index contributed by atoms with van der Waals surface area (Å²) < 4.78 is 22.8. The summed E-state index contributed by atoms with van der Waals surface area (Å²) in [6.45, 7) is 3.67. The second-order valence-electron chi connectivity index (χ2n) is 15.4. The summed E-state index contributed by atoms with van der Waals surface area (Å²) in [5.41, 5.74) is 0. The van der Waals surface area contributed by atoms with E-state index in [9.17, 15) is 50.0 Å². The number of unbranched alkanes of at least 4 members (excludes halogenated alkanes) is 17. The van der Waals surface area contributed by atoms with Crippen molar-refractivity contribution in [3.8, 4) is 0 Å². The predicted octanol–water partition coefficient (Wildman–Crippen LogP) is 6.19. The molecule has 0 saturated heterocycles. The van der Waals surface area contributed by atoms with Crippen molar-refractivity contribution >= 4 is 13.7 Å². The fourth-order valence-electron chi connectivity index (χ4n) is 6.62. The zero-order valence-electron chi connectivity index (χ0n) is 34.3. The first-order valence-electron chi connectivity index (χ1n) is 21.5. The normalized spacial score (nSPS) is 24.5. The van der Waals surface area contributed by atoms with E-state index in [4.69, 9.17) is 9.05 Å². The quantitative estimate of drug-likeness (QED) is 0.0201. The van der Waals surface area contributed by atoms with Gasteiger partial charge in [0.05, 0.1) is 31.3 Å². The number of aliphatic hydroxyl groups is 7. The molecule has 1 saturated carbocycles. The van der Waals surface area contributed by atoms with E-state index in [1.807, 2.05) is 6.08 Å². The van der Waals surface area contributed by atoms with Gasteiger partial charge in [0.1, 0.15) is 36.6 Å². The lowest BCUT2D eigenvalue weighted by atomic mass is 9.85. The minimum Gasteiger partial charge on any atom is -0.393 e. The van der Waals surface area contributed by atoms with Gasteiger partial charge in [-0.1, -0.05) is 147 Å². The maximum atomic E-state index is 12.9. The van der Waals surface area contributed by atoms with Gasteiger partial charge in [-0.25, -0.2) is 4.57 Å². The van der Waals surface area contributed by atoms with Crippen LogP contribution < -0.4 is 5.32 Å². The Labute approximate surface area is 336 Å². The molecule has 0 spiro atoms. The Morgan fingerprint density at radius 3 is 1.57 bits per heavy atom. The van der Waals surface area contributed by atoms with Crippen molar-refractivity contribution in [2.75, 3.05) is 6.61 Å². The Hall–Kier alpha value is -1.48. The van der Waals surface area contributed by atoms with E-state index in [-0.39, 0.29) is 6.42 Å². The number of rotatable bonds is 34. The third-order valence-electron chi connectivity index (χ3n) is 10.2. The molecule has 0 aromatic rings. The van der Waals surface area contributed by atoms with Gasteiger partial charge in [-0.15, -0.1) is 0 Å². The van der Waals surface area contributed by atoms with Crippen molar-refractivity contribution in [1.82, 2.24) is 5.32 Å². The van der Waals surface area contributed by atoms with Crippen LogP contribution in [0.15, 0.2) is 36.5 Å². The van der Waals surface area contributed by atoms with E-state index in [1.165, 1.54) is 83.1 Å². The topological polar surface area (TPSA) is 226 Å². The predicted molar refractivity (Wildman–Crippen MR) is 220 cm³/mol. The summed E-state index contributed by atoms with van der Waals surface area (Å²) in [6.07, 6.45) is 21.0. The third-order valence-corrected chi connectivity index (χ3v) is 11.2. The molecule has 1 fully saturated rings. The number of carbonyl (C=O) groups excluding carboxylic acids is 1. The maximum Gasteiger partial charge on any atom is 0.472 e. The van der Waals surface area contributed by atoms with Gasteiger partial charge in [0, 0.05) is 0 Å². The lowest BCUT2D eigenvalue weighted by molar-refractivity contribution is -0.220. The van der Waals surface area contributed by atoms with Crippen molar-refractivity contribution in [3.05, 3.63) is 36.5 Å². The number of allylic oxidation sites excluding steroid dienone is 5. The molecular weight excluding hydrogens is 741 g/mol. The molecule has 9 N–H and O–H groups in total. The van der Waals surface area contributed by atoms with E-state index in [1.54, 1.807) is 6.08 Å². The van der Waals surface area contributed by atoms with E-state index >= 15 is 0 Å². The first kappa shape index (κ1) is 52.5. The fraction of sp³-hybridized carbons (Fsp3) is 0.833. The Bertz CT molecular complexity index is 1110. The lowest BCUT2D eigenvalue weighted by Crippen LogP contribution is -2.64. The molecule has 8 unspecified atom stereocenters. The summed E-state index contributed by atoms with van der Waals surface area (Å²) >= 11 is 0. The highest BCUT2D eigenvalue weighted by Gasteiger charge is 2.51. The van der Waals surface area contributed by atoms with Crippen molar-refractivity contribution in [3.63, 3.8) is 0 Å². The number of hydrogen-bond donors (Lipinski definition) is 9. The van der Waals surface area contributed by atoms with Crippen LogP contribution in [0, 0.1) is 0 Å². The molecular formula is C42H78NO12P. The number of nitrogens with one attached hydrogen (secondary N) is 1. The van der Waals surface area contributed by atoms with Crippen LogP contribution in [0.4, 0.5) is 0 Å². The molecule has 0 aliphatic heterocycles. The molecule has 0 aromatic carbocycles. The molecule has 0 bridgehead atoms. The van der Waals surface area contributed by atoms with Crippen molar-refractivity contribution in [2.24, 2.45) is 0 Å². The number of aliphatic hydroxyl groups excluding tert-OH is 7. The van der Waals surface area contributed by atoms with E-state index in [2.05, 4.69) is 37.4 Å². The van der Waals surface area contributed by atoms with Crippen LogP contribution >= 0.6 is 7.82 Å². The van der Waals surface area contributed by atoms with Gasteiger partial charge in [0.15, 0.2) is 0 Å². The maximum absolute atomic E-state index is 12.9. The molecule has 0 heterocycles. The monoisotopic (exact) mass is 820 g/mol. The van der Waals surface area contributed by atoms with Gasteiger partial charge >= 0.3 is 7.82 Å². The average Bonchev–Trinajstić information content (AvgIpc) is 3.17. The Balaban J connectivity index is 2.65. The molecule has 13 nitrogen and oxygen atoms in total. The molecule has 1 aliphatic rings. The zero-order chi connectivity index (χ0) is 41.6. The minimum absolute atomic E-state index is 0.254. The number of amides is 1. The molecule has 1 rings (SSSR count). The van der Waals surface area contributed by atoms with Crippen LogP contribution in [0.5, 0.6) is 0 Å². The second kappa shape index (κ2) is 32.4. The first-order chi connectivity index (χ1) is 26.8. The van der Waals surface area contributed by atoms with Gasteiger partial charge in [-0.05, 0) is 44.9 Å². The number of carbonyl (C=O) groups is 1. The number of phosphoric ester groups is 1. The third kappa shape index (κ3) is 24.4. The summed E-state index contributed by atoms with van der Waals surface area (Å²) in [6, 6.07) is -1.26.